The van der Waals surface area contributed by atoms with Gasteiger partial charge in [0.2, 0.25) is 5.91 Å². The third-order valence-electron chi connectivity index (χ3n) is 4.19. The van der Waals surface area contributed by atoms with Gasteiger partial charge >= 0.3 is 6.03 Å². The van der Waals surface area contributed by atoms with Gasteiger partial charge in [0.25, 0.3) is 5.91 Å². The van der Waals surface area contributed by atoms with E-state index in [-0.39, 0.29) is 5.91 Å². The van der Waals surface area contributed by atoms with Crippen LogP contribution in [0.1, 0.15) is 18.9 Å². The highest BCUT2D eigenvalue weighted by molar-refractivity contribution is 9.10. The van der Waals surface area contributed by atoms with E-state index in [1.54, 1.807) is 43.0 Å². The van der Waals surface area contributed by atoms with E-state index >= 15 is 0 Å². The maximum absolute atomic E-state index is 12.2. The SMILES string of the molecule is CC1(c2cccc(NC(=O)CCSc3ccccc3Br)c2)NC(=O)NC1=O. The molecule has 0 aliphatic carbocycles. The first-order chi connectivity index (χ1) is 12.9. The number of carbonyl (C=O) groups excluding carboxylic acids is 3. The Morgan fingerprint density at radius 2 is 1.96 bits per heavy atom. The Hall–Kier alpha value is -2.32. The van der Waals surface area contributed by atoms with Crippen molar-refractivity contribution >= 4 is 51.2 Å². The first kappa shape index (κ1) is 19.4. The molecule has 1 fully saturated rings. The number of nitrogens with one attached hydrogen (secondary N) is 3. The van der Waals surface area contributed by atoms with Crippen LogP contribution < -0.4 is 16.0 Å². The molecule has 3 N–H and O–H groups in total. The van der Waals surface area contributed by atoms with Gasteiger partial charge in [0.15, 0.2) is 0 Å². The molecule has 1 saturated heterocycles. The number of benzene rings is 2. The van der Waals surface area contributed by atoms with E-state index in [1.807, 2.05) is 24.3 Å². The van der Waals surface area contributed by atoms with Crippen molar-refractivity contribution in [2.45, 2.75) is 23.8 Å². The molecule has 1 aliphatic heterocycles. The molecule has 1 atom stereocenters. The monoisotopic (exact) mass is 447 g/mol. The minimum absolute atomic E-state index is 0.114. The fraction of sp³-hybridized carbons (Fsp3) is 0.211. The lowest BCUT2D eigenvalue weighted by Crippen LogP contribution is -2.40. The van der Waals surface area contributed by atoms with Gasteiger partial charge in [-0.25, -0.2) is 4.79 Å². The fourth-order valence-corrected chi connectivity index (χ4v) is 4.21. The third-order valence-corrected chi connectivity index (χ3v) is 6.22. The number of hydrogen-bond donors (Lipinski definition) is 3. The number of anilines is 1. The predicted molar refractivity (Wildman–Crippen MR) is 109 cm³/mol. The Kier molecular flexibility index (Phi) is 5.86. The first-order valence-electron chi connectivity index (χ1n) is 8.30. The molecule has 27 heavy (non-hydrogen) atoms. The average molecular weight is 448 g/mol. The Morgan fingerprint density at radius 1 is 1.19 bits per heavy atom. The van der Waals surface area contributed by atoms with Gasteiger partial charge in [-0.1, -0.05) is 24.3 Å². The molecule has 140 valence electrons. The fourth-order valence-electron chi connectivity index (χ4n) is 2.69. The Balaban J connectivity index is 1.59. The highest BCUT2D eigenvalue weighted by atomic mass is 79.9. The smallest absolute Gasteiger partial charge is 0.322 e. The number of rotatable bonds is 6. The van der Waals surface area contributed by atoms with Gasteiger partial charge in [-0.05, 0) is 52.7 Å². The molecule has 1 heterocycles. The van der Waals surface area contributed by atoms with E-state index < -0.39 is 17.5 Å². The first-order valence-corrected chi connectivity index (χ1v) is 10.1. The Bertz CT molecular complexity index is 905. The van der Waals surface area contributed by atoms with Crippen molar-refractivity contribution in [3.05, 3.63) is 58.6 Å². The lowest BCUT2D eigenvalue weighted by Gasteiger charge is -2.21. The van der Waals surface area contributed by atoms with Gasteiger partial charge in [-0.3, -0.25) is 14.9 Å². The lowest BCUT2D eigenvalue weighted by molar-refractivity contribution is -0.123. The Morgan fingerprint density at radius 3 is 2.67 bits per heavy atom. The molecule has 1 aliphatic rings. The molecule has 0 bridgehead atoms. The molecule has 1 unspecified atom stereocenters. The summed E-state index contributed by atoms with van der Waals surface area (Å²) in [6.07, 6.45) is 0.352. The van der Waals surface area contributed by atoms with Crippen molar-refractivity contribution in [1.29, 1.82) is 0 Å². The van der Waals surface area contributed by atoms with Crippen LogP contribution in [0.25, 0.3) is 0 Å². The van der Waals surface area contributed by atoms with Gasteiger partial charge in [0, 0.05) is 27.2 Å². The van der Waals surface area contributed by atoms with Crippen molar-refractivity contribution < 1.29 is 14.4 Å². The van der Waals surface area contributed by atoms with Crippen LogP contribution in [0.2, 0.25) is 0 Å². The van der Waals surface area contributed by atoms with E-state index in [4.69, 9.17) is 0 Å². The molecule has 6 nitrogen and oxygen atoms in total. The van der Waals surface area contributed by atoms with Gasteiger partial charge in [-0.15, -0.1) is 11.8 Å². The number of hydrogen-bond acceptors (Lipinski definition) is 4. The summed E-state index contributed by atoms with van der Waals surface area (Å²) in [5.41, 5.74) is 0.0394. The van der Waals surface area contributed by atoms with Gasteiger partial charge in [0.05, 0.1) is 0 Å². The standard InChI is InChI=1S/C19H18BrN3O3S/c1-19(17(25)22-18(26)23-19)12-5-4-6-13(11-12)21-16(24)9-10-27-15-8-3-2-7-14(15)20/h2-8,11H,9-10H2,1H3,(H,21,24)(H2,22,23,25,26). The molecular weight excluding hydrogens is 430 g/mol. The van der Waals surface area contributed by atoms with E-state index in [1.165, 1.54) is 0 Å². The molecule has 2 aromatic carbocycles. The van der Waals surface area contributed by atoms with E-state index in [0.29, 0.717) is 23.4 Å². The molecule has 0 saturated carbocycles. The van der Waals surface area contributed by atoms with Crippen molar-refractivity contribution in [2.75, 3.05) is 11.1 Å². The number of amides is 4. The van der Waals surface area contributed by atoms with Crippen LogP contribution in [-0.2, 0) is 15.1 Å². The van der Waals surface area contributed by atoms with E-state index in [2.05, 4.69) is 31.9 Å². The maximum Gasteiger partial charge on any atom is 0.322 e. The second-order valence-electron chi connectivity index (χ2n) is 6.19. The summed E-state index contributed by atoms with van der Waals surface area (Å²) in [4.78, 5) is 36.8. The third kappa shape index (κ3) is 4.51. The summed E-state index contributed by atoms with van der Waals surface area (Å²) in [6, 6.07) is 14.3. The molecule has 2 aromatic rings. The minimum atomic E-state index is -1.15. The molecule has 4 amide bonds. The van der Waals surface area contributed by atoms with Crippen LogP contribution in [0.5, 0.6) is 0 Å². The molecule has 8 heteroatoms. The summed E-state index contributed by atoms with van der Waals surface area (Å²) < 4.78 is 1.01. The molecule has 0 spiro atoms. The van der Waals surface area contributed by atoms with Crippen molar-refractivity contribution in [3.8, 4) is 0 Å². The predicted octanol–water partition coefficient (Wildman–Crippen LogP) is 3.62. The molecule has 0 aromatic heterocycles. The minimum Gasteiger partial charge on any atom is -0.326 e. The van der Waals surface area contributed by atoms with Crippen LogP contribution in [0.4, 0.5) is 10.5 Å². The molecule has 0 radical (unpaired) electrons. The van der Waals surface area contributed by atoms with E-state index in [9.17, 15) is 14.4 Å². The number of urea groups is 1. The number of imide groups is 1. The van der Waals surface area contributed by atoms with Crippen molar-refractivity contribution in [3.63, 3.8) is 0 Å². The number of halogens is 1. The largest absolute Gasteiger partial charge is 0.326 e. The number of carbonyl (C=O) groups is 3. The van der Waals surface area contributed by atoms with Crippen LogP contribution in [0.15, 0.2) is 57.9 Å². The zero-order valence-electron chi connectivity index (χ0n) is 14.5. The summed E-state index contributed by atoms with van der Waals surface area (Å²) in [7, 11) is 0. The van der Waals surface area contributed by atoms with Gasteiger partial charge < -0.3 is 10.6 Å². The average Bonchev–Trinajstić information content (AvgIpc) is 2.90. The van der Waals surface area contributed by atoms with Crippen LogP contribution in [0, 0.1) is 0 Å². The normalized spacial score (nSPS) is 18.7. The highest BCUT2D eigenvalue weighted by Gasteiger charge is 2.43. The summed E-state index contributed by atoms with van der Waals surface area (Å²) in [5, 5.41) is 7.69. The molecule has 3 rings (SSSR count). The quantitative estimate of drug-likeness (QED) is 0.466. The lowest BCUT2D eigenvalue weighted by atomic mass is 9.92. The zero-order valence-corrected chi connectivity index (χ0v) is 16.9. The Labute approximate surface area is 169 Å². The van der Waals surface area contributed by atoms with Crippen molar-refractivity contribution in [2.24, 2.45) is 0 Å². The maximum atomic E-state index is 12.2. The van der Waals surface area contributed by atoms with Gasteiger partial charge in [-0.2, -0.15) is 0 Å². The van der Waals surface area contributed by atoms with Crippen LogP contribution in [-0.4, -0.2) is 23.6 Å². The van der Waals surface area contributed by atoms with Crippen LogP contribution >= 0.6 is 27.7 Å². The van der Waals surface area contributed by atoms with Crippen LogP contribution in [0.3, 0.4) is 0 Å². The topological polar surface area (TPSA) is 87.3 Å². The summed E-state index contributed by atoms with van der Waals surface area (Å²) in [5.74, 6) is 0.113. The van der Waals surface area contributed by atoms with Crippen molar-refractivity contribution in [1.82, 2.24) is 10.6 Å². The molecular formula is C19H18BrN3O3S. The second kappa shape index (κ2) is 8.14. The number of thioether (sulfide) groups is 1. The van der Waals surface area contributed by atoms with E-state index in [0.717, 1.165) is 9.37 Å². The highest BCUT2D eigenvalue weighted by Crippen LogP contribution is 2.28. The van der Waals surface area contributed by atoms with Gasteiger partial charge in [0.1, 0.15) is 5.54 Å². The second-order valence-corrected chi connectivity index (χ2v) is 8.18. The summed E-state index contributed by atoms with van der Waals surface area (Å²) in [6.45, 7) is 1.63. The zero-order chi connectivity index (χ0) is 19.4. The summed E-state index contributed by atoms with van der Waals surface area (Å²) >= 11 is 5.09.